The number of fused-ring (bicyclic) bond motifs is 1. The fourth-order valence-corrected chi connectivity index (χ4v) is 5.31. The molecule has 6 N–H and O–H groups in total. The minimum atomic E-state index is -2.27. The number of ketones is 2. The molecule has 246 valence electrons. The highest BCUT2D eigenvalue weighted by Gasteiger charge is 2.31. The van der Waals surface area contributed by atoms with Crippen molar-refractivity contribution in [1.82, 2.24) is 0 Å². The summed E-state index contributed by atoms with van der Waals surface area (Å²) < 4.78 is 16.0. The van der Waals surface area contributed by atoms with E-state index >= 15 is 0 Å². The number of ether oxygens (including phenoxy) is 3. The van der Waals surface area contributed by atoms with Gasteiger partial charge in [0.25, 0.3) is 0 Å². The molecule has 0 bridgehead atoms. The lowest BCUT2D eigenvalue weighted by molar-refractivity contribution is -0.891. The van der Waals surface area contributed by atoms with Gasteiger partial charge in [0.1, 0.15) is 11.5 Å². The number of likely N-dealkylation sites (tertiary alicyclic amines) is 1. The Morgan fingerprint density at radius 2 is 1.44 bits per heavy atom. The minimum absolute atomic E-state index is 0.0776. The number of benzene rings is 2. The molecule has 2 aliphatic heterocycles. The van der Waals surface area contributed by atoms with Gasteiger partial charge in [-0.15, -0.1) is 0 Å². The summed E-state index contributed by atoms with van der Waals surface area (Å²) in [6.07, 6.45) is -0.361. The van der Waals surface area contributed by atoms with E-state index in [4.69, 9.17) is 34.6 Å². The summed E-state index contributed by atoms with van der Waals surface area (Å²) in [6.45, 7) is 3.14. The lowest BCUT2D eigenvalue weighted by Gasteiger charge is -2.25. The van der Waals surface area contributed by atoms with E-state index in [9.17, 15) is 24.3 Å². The standard InChI is InChI=1S/C28H35NO6.C4H6O6/c1-33-24-11-8-20(9-12-24)25(31)7-3-2-6-23(30)16-22(18-29-14-4-5-15-29)28(32)21-10-13-26-27(17-21)35-19-34-26;5-1(3(7)8)2(6)4(9)10/h8-13,17,22,28,32H,2-7,14-16,18-19H2,1H3;1-2,5-6H,(H,7,8)(H,9,10)/p+1/t22-,28-;1-,2-/m10/s1. The van der Waals surface area contributed by atoms with Crippen LogP contribution in [0.4, 0.5) is 0 Å². The normalized spacial score (nSPS) is 16.5. The number of hydrogen-bond acceptors (Lipinski definition) is 10. The summed E-state index contributed by atoms with van der Waals surface area (Å²) in [5.41, 5.74) is 1.42. The first-order valence-corrected chi connectivity index (χ1v) is 14.9. The van der Waals surface area contributed by atoms with E-state index < -0.39 is 30.3 Å². The molecular weight excluding hydrogens is 590 g/mol. The predicted octanol–water partition coefficient (Wildman–Crippen LogP) is 1.03. The Bertz CT molecular complexity index is 1270. The Labute approximate surface area is 260 Å². The third-order valence-corrected chi connectivity index (χ3v) is 7.86. The van der Waals surface area contributed by atoms with E-state index in [0.717, 1.165) is 30.9 Å². The summed E-state index contributed by atoms with van der Waals surface area (Å²) >= 11 is 0. The number of rotatable bonds is 16. The molecule has 13 heteroatoms. The first-order chi connectivity index (χ1) is 21.5. The van der Waals surface area contributed by atoms with Crippen molar-refractivity contribution in [2.75, 3.05) is 33.5 Å². The average molecular weight is 633 g/mol. The van der Waals surface area contributed by atoms with Crippen LogP contribution in [0.15, 0.2) is 42.5 Å². The Kier molecular flexibility index (Phi) is 13.7. The number of methoxy groups -OCH3 is 1. The van der Waals surface area contributed by atoms with Gasteiger partial charge in [0.15, 0.2) is 29.5 Å². The maximum absolute atomic E-state index is 12.9. The number of Topliss-reactive ketones (excluding diaryl/α,β-unsaturated/α-hetero) is 2. The van der Waals surface area contributed by atoms with Gasteiger partial charge >= 0.3 is 11.9 Å². The van der Waals surface area contributed by atoms with E-state index in [2.05, 4.69) is 0 Å². The highest BCUT2D eigenvalue weighted by Crippen LogP contribution is 2.36. The molecule has 0 radical (unpaired) electrons. The van der Waals surface area contributed by atoms with Crippen molar-refractivity contribution in [2.24, 2.45) is 5.92 Å². The molecule has 0 saturated carbocycles. The zero-order valence-electron chi connectivity index (χ0n) is 25.2. The number of aliphatic carboxylic acids is 2. The zero-order chi connectivity index (χ0) is 32.9. The number of carboxylic acids is 2. The lowest BCUT2D eigenvalue weighted by atomic mass is 9.89. The van der Waals surface area contributed by atoms with Crippen molar-refractivity contribution in [2.45, 2.75) is 63.3 Å². The number of quaternary nitrogens is 1. The minimum Gasteiger partial charge on any atom is -0.497 e. The smallest absolute Gasteiger partial charge is 0.335 e. The summed E-state index contributed by atoms with van der Waals surface area (Å²) in [5, 5.41) is 43.7. The largest absolute Gasteiger partial charge is 0.497 e. The van der Waals surface area contributed by atoms with Crippen LogP contribution >= 0.6 is 0 Å². The number of aliphatic hydroxyl groups is 3. The van der Waals surface area contributed by atoms with Gasteiger partial charge in [-0.3, -0.25) is 9.59 Å². The Balaban J connectivity index is 0.000000477. The molecule has 0 aromatic heterocycles. The number of hydrogen-bond donors (Lipinski definition) is 6. The van der Waals surface area contributed by atoms with Crippen molar-refractivity contribution < 1.29 is 63.8 Å². The quantitative estimate of drug-likeness (QED) is 0.114. The third kappa shape index (κ3) is 10.8. The van der Waals surface area contributed by atoms with Gasteiger partial charge in [-0.1, -0.05) is 6.07 Å². The van der Waals surface area contributed by atoms with Gasteiger partial charge in [0.2, 0.25) is 6.79 Å². The molecule has 45 heavy (non-hydrogen) atoms. The number of nitrogens with one attached hydrogen (secondary N) is 1. The molecule has 0 unspecified atom stereocenters. The van der Waals surface area contributed by atoms with Gasteiger partial charge in [0, 0.05) is 43.6 Å². The summed E-state index contributed by atoms with van der Waals surface area (Å²) in [4.78, 5) is 46.3. The van der Waals surface area contributed by atoms with Crippen LogP contribution in [0.5, 0.6) is 17.2 Å². The first-order valence-electron chi connectivity index (χ1n) is 14.9. The molecular formula is C32H42NO12+. The van der Waals surface area contributed by atoms with Crippen molar-refractivity contribution in [3.8, 4) is 17.2 Å². The van der Waals surface area contributed by atoms with Crippen LogP contribution in [0, 0.1) is 5.92 Å². The van der Waals surface area contributed by atoms with Crippen LogP contribution in [0.3, 0.4) is 0 Å². The van der Waals surface area contributed by atoms with Crippen molar-refractivity contribution in [3.63, 3.8) is 0 Å². The van der Waals surface area contributed by atoms with E-state index in [0.29, 0.717) is 49.2 Å². The number of carbonyl (C=O) groups is 4. The van der Waals surface area contributed by atoms with Gasteiger partial charge < -0.3 is 44.6 Å². The molecule has 0 amide bonds. The molecule has 2 aliphatic rings. The average Bonchev–Trinajstić information content (AvgIpc) is 3.73. The fourth-order valence-electron chi connectivity index (χ4n) is 5.31. The van der Waals surface area contributed by atoms with Crippen LogP contribution < -0.4 is 19.1 Å². The van der Waals surface area contributed by atoms with Gasteiger partial charge in [-0.25, -0.2) is 9.59 Å². The van der Waals surface area contributed by atoms with Crippen LogP contribution in [-0.2, 0) is 14.4 Å². The first kappa shape index (κ1) is 35.4. The molecule has 13 nitrogen and oxygen atoms in total. The van der Waals surface area contributed by atoms with E-state index in [1.807, 2.05) is 18.2 Å². The van der Waals surface area contributed by atoms with Gasteiger partial charge in [0.05, 0.1) is 32.8 Å². The molecule has 2 aromatic rings. The highest BCUT2D eigenvalue weighted by atomic mass is 16.7. The van der Waals surface area contributed by atoms with Gasteiger partial charge in [-0.05, 0) is 54.8 Å². The molecule has 0 aliphatic carbocycles. The molecule has 1 saturated heterocycles. The molecule has 2 aromatic carbocycles. The molecule has 4 rings (SSSR count). The maximum atomic E-state index is 12.9. The maximum Gasteiger partial charge on any atom is 0.335 e. The topological polar surface area (TPSA) is 202 Å². The Morgan fingerprint density at radius 1 is 0.844 bits per heavy atom. The molecule has 2 heterocycles. The summed E-state index contributed by atoms with van der Waals surface area (Å²) in [6, 6.07) is 12.6. The summed E-state index contributed by atoms with van der Waals surface area (Å²) in [5.74, 6) is -1.43. The van der Waals surface area contributed by atoms with E-state index in [-0.39, 0.29) is 24.3 Å². The number of aliphatic hydroxyl groups excluding tert-OH is 3. The van der Waals surface area contributed by atoms with E-state index in [1.54, 1.807) is 31.4 Å². The second-order valence-corrected chi connectivity index (χ2v) is 11.1. The lowest BCUT2D eigenvalue weighted by Crippen LogP contribution is -3.10. The third-order valence-electron chi connectivity index (χ3n) is 7.86. The van der Waals surface area contributed by atoms with E-state index in [1.165, 1.54) is 17.7 Å². The van der Waals surface area contributed by atoms with Crippen LogP contribution in [0.25, 0.3) is 0 Å². The van der Waals surface area contributed by atoms with Crippen molar-refractivity contribution in [1.29, 1.82) is 0 Å². The summed E-state index contributed by atoms with van der Waals surface area (Å²) in [7, 11) is 1.60. The van der Waals surface area contributed by atoms with Crippen LogP contribution in [0.1, 0.15) is 67.0 Å². The van der Waals surface area contributed by atoms with Gasteiger partial charge in [-0.2, -0.15) is 0 Å². The zero-order valence-corrected chi connectivity index (χ0v) is 25.2. The second kappa shape index (κ2) is 17.4. The fraction of sp³-hybridized carbons (Fsp3) is 0.500. The van der Waals surface area contributed by atoms with Crippen molar-refractivity contribution >= 4 is 23.5 Å². The molecule has 1 fully saturated rings. The number of unbranched alkanes of at least 4 members (excludes halogenated alkanes) is 1. The predicted molar refractivity (Wildman–Crippen MR) is 159 cm³/mol. The number of carboxylic acid groups (broad SMARTS) is 2. The van der Waals surface area contributed by atoms with Crippen LogP contribution in [0.2, 0.25) is 0 Å². The number of carbonyl (C=O) groups excluding carboxylic acids is 2. The highest BCUT2D eigenvalue weighted by molar-refractivity contribution is 5.96. The Morgan fingerprint density at radius 3 is 2.04 bits per heavy atom. The SMILES string of the molecule is COc1ccc(C(=O)CCCCC(=O)C[C@H](C[NH+]2CCCC2)[C@H](O)c2ccc3c(c2)OCO3)cc1.O=C(O)[C@@H](O)[C@H](O)C(=O)O. The molecule has 4 atom stereocenters. The second-order valence-electron chi connectivity index (χ2n) is 11.1. The Hall–Kier alpha value is -4.04. The van der Waals surface area contributed by atoms with Crippen molar-refractivity contribution in [3.05, 3.63) is 53.6 Å². The molecule has 0 spiro atoms. The monoisotopic (exact) mass is 632 g/mol. The van der Waals surface area contributed by atoms with Crippen LogP contribution in [-0.4, -0.2) is 94.8 Å².